The van der Waals surface area contributed by atoms with Gasteiger partial charge in [-0.05, 0) is 25.7 Å². The van der Waals surface area contributed by atoms with Crippen LogP contribution in [0.2, 0.25) is 0 Å². The Morgan fingerprint density at radius 3 is 2.64 bits per heavy atom. The summed E-state index contributed by atoms with van der Waals surface area (Å²) in [6, 6.07) is 0. The van der Waals surface area contributed by atoms with Gasteiger partial charge in [-0.25, -0.2) is 4.79 Å². The normalized spacial score (nSPS) is 20.1. The van der Waals surface area contributed by atoms with Gasteiger partial charge in [-0.1, -0.05) is 25.8 Å². The Bertz CT molecular complexity index is 195. The maximum absolute atomic E-state index is 10.7. The summed E-state index contributed by atoms with van der Waals surface area (Å²) < 4.78 is 0. The van der Waals surface area contributed by atoms with E-state index >= 15 is 0 Å². The summed E-state index contributed by atoms with van der Waals surface area (Å²) in [7, 11) is 0. The molecule has 0 saturated heterocycles. The van der Waals surface area contributed by atoms with Crippen molar-refractivity contribution < 1.29 is 14.6 Å². The van der Waals surface area contributed by atoms with E-state index in [9.17, 15) is 4.79 Å². The molecule has 3 nitrogen and oxygen atoms in total. The predicted molar refractivity (Wildman–Crippen MR) is 53.4 cm³/mol. The summed E-state index contributed by atoms with van der Waals surface area (Å²) in [5, 5.41) is 0. The van der Waals surface area contributed by atoms with Crippen molar-refractivity contribution in [1.29, 1.82) is 0 Å². The van der Waals surface area contributed by atoms with Gasteiger partial charge >= 0.3 is 5.97 Å². The fraction of sp³-hybridized carbons (Fsp3) is 0.727. The van der Waals surface area contributed by atoms with Gasteiger partial charge in [0.1, 0.15) is 6.10 Å². The van der Waals surface area contributed by atoms with Crippen LogP contribution in [0, 0.1) is 5.92 Å². The van der Waals surface area contributed by atoms with Crippen molar-refractivity contribution in [3.05, 3.63) is 12.7 Å². The highest BCUT2D eigenvalue weighted by Gasteiger charge is 2.22. The Kier molecular flexibility index (Phi) is 4.66. The van der Waals surface area contributed by atoms with Gasteiger partial charge in [0.25, 0.3) is 0 Å². The summed E-state index contributed by atoms with van der Waals surface area (Å²) >= 11 is 0. The molecule has 1 atom stereocenters. The van der Waals surface area contributed by atoms with Crippen LogP contribution in [0.3, 0.4) is 0 Å². The van der Waals surface area contributed by atoms with Crippen molar-refractivity contribution in [3.63, 3.8) is 0 Å². The van der Waals surface area contributed by atoms with E-state index in [4.69, 9.17) is 4.89 Å². The van der Waals surface area contributed by atoms with Crippen LogP contribution >= 0.6 is 0 Å². The molecule has 1 saturated carbocycles. The van der Waals surface area contributed by atoms with E-state index in [-0.39, 0.29) is 6.10 Å². The molecular formula is C11H18O3. The molecule has 1 aliphatic rings. The first-order valence-electron chi connectivity index (χ1n) is 5.23. The Hall–Kier alpha value is -0.830. The van der Waals surface area contributed by atoms with Gasteiger partial charge in [-0.3, -0.25) is 4.89 Å². The minimum absolute atomic E-state index is 0.000741. The second kappa shape index (κ2) is 5.81. The summed E-state index contributed by atoms with van der Waals surface area (Å²) in [5.74, 6) is 0.00836. The molecule has 0 bridgehead atoms. The van der Waals surface area contributed by atoms with Crippen molar-refractivity contribution in [2.45, 2.75) is 45.1 Å². The van der Waals surface area contributed by atoms with Crippen molar-refractivity contribution in [1.82, 2.24) is 0 Å². The summed E-state index contributed by atoms with van der Waals surface area (Å²) in [6.07, 6.45) is 7.28. The largest absolute Gasteiger partial charge is 0.365 e. The third-order valence-corrected chi connectivity index (χ3v) is 2.76. The lowest BCUT2D eigenvalue weighted by molar-refractivity contribution is -0.300. The molecule has 3 heteroatoms. The van der Waals surface area contributed by atoms with E-state index in [1.54, 1.807) is 0 Å². The van der Waals surface area contributed by atoms with Gasteiger partial charge in [0.2, 0.25) is 0 Å². The summed E-state index contributed by atoms with van der Waals surface area (Å²) in [4.78, 5) is 20.3. The molecule has 0 aromatic rings. The highest BCUT2D eigenvalue weighted by molar-refractivity contribution is 5.80. The zero-order valence-electron chi connectivity index (χ0n) is 8.70. The van der Waals surface area contributed by atoms with Crippen molar-refractivity contribution in [3.8, 4) is 0 Å². The zero-order chi connectivity index (χ0) is 10.4. The molecule has 0 aromatic heterocycles. The predicted octanol–water partition coefficient (Wildman–Crippen LogP) is 2.62. The first kappa shape index (κ1) is 11.2. The van der Waals surface area contributed by atoms with E-state index in [1.807, 2.05) is 6.92 Å². The van der Waals surface area contributed by atoms with Gasteiger partial charge in [0, 0.05) is 6.08 Å². The SMILES string of the molecule is C=CC(=O)OOC(C)C1CCCCC1. The number of carbonyl (C=O) groups is 1. The van der Waals surface area contributed by atoms with Crippen LogP contribution in [-0.2, 0) is 14.6 Å². The van der Waals surface area contributed by atoms with Crippen LogP contribution in [-0.4, -0.2) is 12.1 Å². The second-order valence-corrected chi connectivity index (χ2v) is 3.81. The van der Waals surface area contributed by atoms with Gasteiger partial charge < -0.3 is 0 Å². The lowest BCUT2D eigenvalue weighted by Gasteiger charge is -2.25. The maximum Gasteiger partial charge on any atom is 0.365 e. The van der Waals surface area contributed by atoms with Crippen LogP contribution in [0.5, 0.6) is 0 Å². The fourth-order valence-electron chi connectivity index (χ4n) is 1.84. The van der Waals surface area contributed by atoms with Gasteiger partial charge in [0.15, 0.2) is 0 Å². The molecule has 0 spiro atoms. The summed E-state index contributed by atoms with van der Waals surface area (Å²) in [5.41, 5.74) is 0. The monoisotopic (exact) mass is 198 g/mol. The number of hydrogen-bond donors (Lipinski definition) is 0. The Balaban J connectivity index is 2.22. The van der Waals surface area contributed by atoms with Crippen LogP contribution in [0.25, 0.3) is 0 Å². The average molecular weight is 198 g/mol. The number of hydrogen-bond acceptors (Lipinski definition) is 3. The molecular weight excluding hydrogens is 180 g/mol. The first-order valence-corrected chi connectivity index (χ1v) is 5.23. The van der Waals surface area contributed by atoms with Crippen molar-refractivity contribution in [2.24, 2.45) is 5.92 Å². The van der Waals surface area contributed by atoms with E-state index < -0.39 is 5.97 Å². The van der Waals surface area contributed by atoms with E-state index in [0.717, 1.165) is 6.08 Å². The van der Waals surface area contributed by atoms with E-state index in [0.29, 0.717) is 5.92 Å². The lowest BCUT2D eigenvalue weighted by atomic mass is 9.86. The van der Waals surface area contributed by atoms with Gasteiger partial charge in [-0.15, -0.1) is 0 Å². The lowest BCUT2D eigenvalue weighted by Crippen LogP contribution is -2.24. The average Bonchev–Trinajstić information content (AvgIpc) is 2.26. The third kappa shape index (κ3) is 3.50. The quantitative estimate of drug-likeness (QED) is 0.395. The second-order valence-electron chi connectivity index (χ2n) is 3.81. The molecule has 0 heterocycles. The minimum atomic E-state index is -0.521. The molecule has 1 rings (SSSR count). The number of carbonyl (C=O) groups excluding carboxylic acids is 1. The molecule has 0 N–H and O–H groups in total. The topological polar surface area (TPSA) is 35.5 Å². The highest BCUT2D eigenvalue weighted by atomic mass is 17.2. The first-order chi connectivity index (χ1) is 6.74. The molecule has 1 unspecified atom stereocenters. The molecule has 0 aromatic carbocycles. The Morgan fingerprint density at radius 1 is 1.43 bits per heavy atom. The molecule has 0 radical (unpaired) electrons. The van der Waals surface area contributed by atoms with Crippen LogP contribution in [0.4, 0.5) is 0 Å². The van der Waals surface area contributed by atoms with Crippen molar-refractivity contribution >= 4 is 5.97 Å². The summed E-state index contributed by atoms with van der Waals surface area (Å²) in [6.45, 7) is 5.25. The van der Waals surface area contributed by atoms with E-state index in [1.165, 1.54) is 32.1 Å². The number of rotatable bonds is 4. The van der Waals surface area contributed by atoms with Crippen LogP contribution in [0.1, 0.15) is 39.0 Å². The van der Waals surface area contributed by atoms with Gasteiger partial charge in [-0.2, -0.15) is 4.89 Å². The smallest absolute Gasteiger partial charge is 0.293 e. The fourth-order valence-corrected chi connectivity index (χ4v) is 1.84. The van der Waals surface area contributed by atoms with E-state index in [2.05, 4.69) is 11.5 Å². The molecule has 1 fully saturated rings. The van der Waals surface area contributed by atoms with Crippen molar-refractivity contribution in [2.75, 3.05) is 0 Å². The third-order valence-electron chi connectivity index (χ3n) is 2.76. The Morgan fingerprint density at radius 2 is 2.07 bits per heavy atom. The van der Waals surface area contributed by atoms with Crippen LogP contribution in [0.15, 0.2) is 12.7 Å². The molecule has 1 aliphatic carbocycles. The maximum atomic E-state index is 10.7. The molecule has 14 heavy (non-hydrogen) atoms. The highest BCUT2D eigenvalue weighted by Crippen LogP contribution is 2.27. The molecule has 80 valence electrons. The standard InChI is InChI=1S/C11H18O3/c1-3-11(12)14-13-9(2)10-7-5-4-6-8-10/h3,9-10H,1,4-8H2,2H3. The minimum Gasteiger partial charge on any atom is -0.293 e. The zero-order valence-corrected chi connectivity index (χ0v) is 8.70. The Labute approximate surface area is 85.0 Å². The van der Waals surface area contributed by atoms with Gasteiger partial charge in [0.05, 0.1) is 0 Å². The van der Waals surface area contributed by atoms with Crippen LogP contribution < -0.4 is 0 Å². The molecule has 0 amide bonds. The molecule has 0 aliphatic heterocycles.